The lowest BCUT2D eigenvalue weighted by Crippen LogP contribution is -2.24. The maximum atomic E-state index is 12.3. The SMILES string of the molecule is CCN(CC)c1ccc(C(=O)NCc2ccc(OCC3CC3)nc2)cc1. The van der Waals surface area contributed by atoms with Gasteiger partial charge in [0.1, 0.15) is 0 Å². The Labute approximate surface area is 155 Å². The van der Waals surface area contributed by atoms with E-state index in [2.05, 4.69) is 29.0 Å². The van der Waals surface area contributed by atoms with Gasteiger partial charge in [-0.25, -0.2) is 4.98 Å². The van der Waals surface area contributed by atoms with Crippen molar-refractivity contribution >= 4 is 11.6 Å². The highest BCUT2D eigenvalue weighted by Crippen LogP contribution is 2.29. The summed E-state index contributed by atoms with van der Waals surface area (Å²) in [4.78, 5) is 18.9. The topological polar surface area (TPSA) is 54.5 Å². The van der Waals surface area contributed by atoms with Crippen LogP contribution >= 0.6 is 0 Å². The predicted octanol–water partition coefficient (Wildman–Crippen LogP) is 3.65. The van der Waals surface area contributed by atoms with E-state index >= 15 is 0 Å². The summed E-state index contributed by atoms with van der Waals surface area (Å²) in [5.74, 6) is 1.29. The van der Waals surface area contributed by atoms with Crippen LogP contribution in [0.15, 0.2) is 42.6 Å². The highest BCUT2D eigenvalue weighted by Gasteiger charge is 2.22. The largest absolute Gasteiger partial charge is 0.477 e. The van der Waals surface area contributed by atoms with Gasteiger partial charge < -0.3 is 15.0 Å². The number of nitrogens with zero attached hydrogens (tertiary/aromatic N) is 2. The second kappa shape index (κ2) is 8.70. The number of aromatic nitrogens is 1. The summed E-state index contributed by atoms with van der Waals surface area (Å²) in [6.45, 7) is 7.37. The van der Waals surface area contributed by atoms with E-state index in [9.17, 15) is 4.79 Å². The lowest BCUT2D eigenvalue weighted by molar-refractivity contribution is 0.0951. The zero-order valence-corrected chi connectivity index (χ0v) is 15.6. The molecule has 0 atom stereocenters. The van der Waals surface area contributed by atoms with Crippen LogP contribution < -0.4 is 15.0 Å². The minimum absolute atomic E-state index is 0.0786. The molecule has 1 saturated carbocycles. The maximum absolute atomic E-state index is 12.3. The third-order valence-electron chi connectivity index (χ3n) is 4.67. The molecule has 0 bridgehead atoms. The van der Waals surface area contributed by atoms with Crippen molar-refractivity contribution in [2.75, 3.05) is 24.6 Å². The summed E-state index contributed by atoms with van der Waals surface area (Å²) < 4.78 is 5.63. The number of ether oxygens (including phenoxy) is 1. The Kier molecular flexibility index (Phi) is 6.10. The molecular weight excluding hydrogens is 326 g/mol. The Morgan fingerprint density at radius 1 is 1.15 bits per heavy atom. The van der Waals surface area contributed by atoms with Crippen LogP contribution in [0.2, 0.25) is 0 Å². The highest BCUT2D eigenvalue weighted by molar-refractivity contribution is 5.94. The van der Waals surface area contributed by atoms with E-state index in [1.54, 1.807) is 6.20 Å². The normalized spacial score (nSPS) is 13.3. The fourth-order valence-corrected chi connectivity index (χ4v) is 2.79. The van der Waals surface area contributed by atoms with Gasteiger partial charge in [0.25, 0.3) is 5.91 Å². The molecule has 1 aromatic heterocycles. The van der Waals surface area contributed by atoms with Crippen molar-refractivity contribution in [1.29, 1.82) is 0 Å². The average molecular weight is 353 g/mol. The smallest absolute Gasteiger partial charge is 0.251 e. The van der Waals surface area contributed by atoms with Gasteiger partial charge in [-0.1, -0.05) is 6.07 Å². The summed E-state index contributed by atoms with van der Waals surface area (Å²) in [7, 11) is 0. The van der Waals surface area contributed by atoms with Crippen molar-refractivity contribution < 1.29 is 9.53 Å². The van der Waals surface area contributed by atoms with E-state index in [0.29, 0.717) is 23.9 Å². The minimum Gasteiger partial charge on any atom is -0.477 e. The second-order valence-corrected chi connectivity index (χ2v) is 6.66. The number of pyridine rings is 1. The van der Waals surface area contributed by atoms with Crippen LogP contribution in [0.4, 0.5) is 5.69 Å². The molecule has 3 rings (SSSR count). The third kappa shape index (κ3) is 4.97. The van der Waals surface area contributed by atoms with Crippen LogP contribution in [0.25, 0.3) is 0 Å². The quantitative estimate of drug-likeness (QED) is 0.748. The van der Waals surface area contributed by atoms with Gasteiger partial charge in [0, 0.05) is 43.1 Å². The molecule has 0 aliphatic heterocycles. The molecule has 0 radical (unpaired) electrons. The molecule has 0 saturated heterocycles. The Bertz CT molecular complexity index is 705. The van der Waals surface area contributed by atoms with Crippen molar-refractivity contribution in [2.24, 2.45) is 5.92 Å². The molecule has 1 fully saturated rings. The third-order valence-corrected chi connectivity index (χ3v) is 4.67. The van der Waals surface area contributed by atoms with Gasteiger partial charge in [-0.15, -0.1) is 0 Å². The molecule has 1 aromatic carbocycles. The van der Waals surface area contributed by atoms with Gasteiger partial charge in [-0.2, -0.15) is 0 Å². The summed E-state index contributed by atoms with van der Waals surface area (Å²) >= 11 is 0. The lowest BCUT2D eigenvalue weighted by Gasteiger charge is -2.21. The Morgan fingerprint density at radius 3 is 2.46 bits per heavy atom. The van der Waals surface area contributed by atoms with Crippen molar-refractivity contribution in [3.8, 4) is 5.88 Å². The van der Waals surface area contributed by atoms with Gasteiger partial charge in [0.05, 0.1) is 6.61 Å². The van der Waals surface area contributed by atoms with E-state index in [1.807, 2.05) is 36.4 Å². The number of anilines is 1. The fourth-order valence-electron chi connectivity index (χ4n) is 2.79. The molecule has 5 heteroatoms. The van der Waals surface area contributed by atoms with Crippen LogP contribution in [-0.2, 0) is 6.54 Å². The van der Waals surface area contributed by atoms with Crippen molar-refractivity contribution in [3.63, 3.8) is 0 Å². The van der Waals surface area contributed by atoms with E-state index in [1.165, 1.54) is 12.8 Å². The van der Waals surface area contributed by atoms with Gasteiger partial charge in [-0.05, 0) is 62.4 Å². The Balaban J connectivity index is 1.49. The molecule has 1 aliphatic carbocycles. The lowest BCUT2D eigenvalue weighted by atomic mass is 10.1. The number of hydrogen-bond donors (Lipinski definition) is 1. The molecule has 0 spiro atoms. The highest BCUT2D eigenvalue weighted by atomic mass is 16.5. The number of hydrogen-bond acceptors (Lipinski definition) is 4. The van der Waals surface area contributed by atoms with Gasteiger partial charge in [-0.3, -0.25) is 4.79 Å². The zero-order valence-electron chi connectivity index (χ0n) is 15.6. The van der Waals surface area contributed by atoms with Crippen LogP contribution in [-0.4, -0.2) is 30.6 Å². The molecule has 1 N–H and O–H groups in total. The van der Waals surface area contributed by atoms with E-state index in [-0.39, 0.29) is 5.91 Å². The fraction of sp³-hybridized carbons (Fsp3) is 0.429. The molecule has 1 amide bonds. The minimum atomic E-state index is -0.0786. The van der Waals surface area contributed by atoms with Gasteiger partial charge in [0.2, 0.25) is 5.88 Å². The van der Waals surface area contributed by atoms with Gasteiger partial charge >= 0.3 is 0 Å². The number of nitrogens with one attached hydrogen (secondary N) is 1. The van der Waals surface area contributed by atoms with Crippen molar-refractivity contribution in [1.82, 2.24) is 10.3 Å². The number of benzene rings is 1. The zero-order chi connectivity index (χ0) is 18.4. The molecule has 1 heterocycles. The molecule has 0 unspecified atom stereocenters. The molecule has 1 aliphatic rings. The number of amides is 1. The summed E-state index contributed by atoms with van der Waals surface area (Å²) in [5.41, 5.74) is 2.76. The Hall–Kier alpha value is -2.56. The predicted molar refractivity (Wildman–Crippen MR) is 104 cm³/mol. The summed E-state index contributed by atoms with van der Waals surface area (Å²) in [6, 6.07) is 11.5. The molecular formula is C21H27N3O2. The van der Waals surface area contributed by atoms with Crippen molar-refractivity contribution in [3.05, 3.63) is 53.7 Å². The first-order valence-electron chi connectivity index (χ1n) is 9.40. The first kappa shape index (κ1) is 18.2. The van der Waals surface area contributed by atoms with Gasteiger partial charge in [0.15, 0.2) is 0 Å². The summed E-state index contributed by atoms with van der Waals surface area (Å²) in [6.07, 6.45) is 4.28. The van der Waals surface area contributed by atoms with Crippen LogP contribution in [0.1, 0.15) is 42.6 Å². The van der Waals surface area contributed by atoms with E-state index in [4.69, 9.17) is 4.74 Å². The first-order valence-corrected chi connectivity index (χ1v) is 9.40. The molecule has 138 valence electrons. The number of carbonyl (C=O) groups excluding carboxylic acids is 1. The molecule has 5 nitrogen and oxygen atoms in total. The van der Waals surface area contributed by atoms with Crippen LogP contribution in [0, 0.1) is 5.92 Å². The average Bonchev–Trinajstić information content (AvgIpc) is 3.51. The first-order chi connectivity index (χ1) is 12.7. The molecule has 26 heavy (non-hydrogen) atoms. The second-order valence-electron chi connectivity index (χ2n) is 6.66. The monoisotopic (exact) mass is 353 g/mol. The summed E-state index contributed by atoms with van der Waals surface area (Å²) in [5, 5.41) is 2.94. The standard InChI is InChI=1S/C21H27N3O2/c1-3-24(4-2)19-10-8-18(9-11-19)21(25)23-14-17-7-12-20(22-13-17)26-15-16-5-6-16/h7-13,16H,3-6,14-15H2,1-2H3,(H,23,25). The van der Waals surface area contributed by atoms with Crippen LogP contribution in [0.5, 0.6) is 5.88 Å². The van der Waals surface area contributed by atoms with E-state index in [0.717, 1.165) is 30.9 Å². The molecule has 2 aromatic rings. The van der Waals surface area contributed by atoms with E-state index < -0.39 is 0 Å². The van der Waals surface area contributed by atoms with Crippen molar-refractivity contribution in [2.45, 2.75) is 33.2 Å². The Morgan fingerprint density at radius 2 is 1.88 bits per heavy atom. The number of carbonyl (C=O) groups is 1. The van der Waals surface area contributed by atoms with Crippen LogP contribution in [0.3, 0.4) is 0 Å². The number of rotatable bonds is 9. The maximum Gasteiger partial charge on any atom is 0.251 e.